The normalized spacial score (nSPS) is 10.5. The van der Waals surface area contributed by atoms with E-state index in [1.807, 2.05) is 48.5 Å². The number of carbonyl (C=O) groups is 1. The molecule has 0 aliphatic carbocycles. The van der Waals surface area contributed by atoms with E-state index in [1.165, 1.54) is 0 Å². The van der Waals surface area contributed by atoms with Gasteiger partial charge >= 0.3 is 0 Å². The minimum Gasteiger partial charge on any atom is -0.483 e. The number of ether oxygens (including phenoxy) is 1. The lowest BCUT2D eigenvalue weighted by atomic mass is 10.0. The van der Waals surface area contributed by atoms with Gasteiger partial charge in [-0.05, 0) is 35.2 Å². The zero-order chi connectivity index (χ0) is 15.9. The number of anilines is 1. The molecule has 0 spiro atoms. The number of amides is 1. The lowest BCUT2D eigenvalue weighted by Crippen LogP contribution is -2.20. The predicted octanol–water partition coefficient (Wildman–Crippen LogP) is 3.29. The molecule has 2 aromatic carbocycles. The Balaban J connectivity index is 1.92. The van der Waals surface area contributed by atoms with Crippen molar-refractivity contribution in [3.8, 4) is 5.75 Å². The molecule has 0 fully saturated rings. The second-order valence-electron chi connectivity index (χ2n) is 5.43. The van der Waals surface area contributed by atoms with Crippen molar-refractivity contribution in [3.05, 3.63) is 59.7 Å². The van der Waals surface area contributed by atoms with Gasteiger partial charge in [0.05, 0.1) is 0 Å². The van der Waals surface area contributed by atoms with Gasteiger partial charge in [-0.1, -0.05) is 44.2 Å². The highest BCUT2D eigenvalue weighted by Gasteiger charge is 2.09. The van der Waals surface area contributed by atoms with Crippen LogP contribution >= 0.6 is 0 Å². The Bertz CT molecular complexity index is 621. The van der Waals surface area contributed by atoms with Crippen molar-refractivity contribution in [2.24, 2.45) is 5.73 Å². The van der Waals surface area contributed by atoms with Crippen LogP contribution in [-0.2, 0) is 11.3 Å². The van der Waals surface area contributed by atoms with Crippen molar-refractivity contribution in [1.82, 2.24) is 0 Å². The summed E-state index contributed by atoms with van der Waals surface area (Å²) in [6.07, 6.45) is 0. The second-order valence-corrected chi connectivity index (χ2v) is 5.43. The first kappa shape index (κ1) is 16.0. The van der Waals surface area contributed by atoms with Gasteiger partial charge in [-0.3, -0.25) is 4.79 Å². The summed E-state index contributed by atoms with van der Waals surface area (Å²) >= 11 is 0. The van der Waals surface area contributed by atoms with Gasteiger partial charge in [0, 0.05) is 12.2 Å². The van der Waals surface area contributed by atoms with Gasteiger partial charge < -0.3 is 15.8 Å². The van der Waals surface area contributed by atoms with Crippen molar-refractivity contribution in [1.29, 1.82) is 0 Å². The molecule has 0 bridgehead atoms. The van der Waals surface area contributed by atoms with Crippen molar-refractivity contribution in [3.63, 3.8) is 0 Å². The number of para-hydroxylation sites is 1. The lowest BCUT2D eigenvalue weighted by molar-refractivity contribution is -0.118. The van der Waals surface area contributed by atoms with Crippen molar-refractivity contribution >= 4 is 11.6 Å². The SMILES string of the molecule is CC(C)c1ccccc1OCC(=O)Nc1ccc(CN)cc1. The molecule has 0 atom stereocenters. The van der Waals surface area contributed by atoms with E-state index in [-0.39, 0.29) is 12.5 Å². The summed E-state index contributed by atoms with van der Waals surface area (Å²) in [4.78, 5) is 12.0. The molecule has 0 aliphatic rings. The Morgan fingerprint density at radius 2 is 1.82 bits per heavy atom. The number of carbonyl (C=O) groups excluding carboxylic acids is 1. The molecule has 0 saturated carbocycles. The molecule has 4 nitrogen and oxygen atoms in total. The van der Waals surface area contributed by atoms with Gasteiger partial charge in [-0.25, -0.2) is 0 Å². The van der Waals surface area contributed by atoms with Gasteiger partial charge in [0.2, 0.25) is 0 Å². The molecule has 2 aromatic rings. The highest BCUT2D eigenvalue weighted by molar-refractivity contribution is 5.91. The Labute approximate surface area is 131 Å². The summed E-state index contributed by atoms with van der Waals surface area (Å²) in [5.74, 6) is 0.924. The zero-order valence-electron chi connectivity index (χ0n) is 13.0. The molecule has 0 radical (unpaired) electrons. The van der Waals surface area contributed by atoms with Crippen LogP contribution in [0.4, 0.5) is 5.69 Å². The summed E-state index contributed by atoms with van der Waals surface area (Å²) in [5, 5.41) is 2.81. The smallest absolute Gasteiger partial charge is 0.262 e. The standard InChI is InChI=1S/C18H22N2O2/c1-13(2)16-5-3-4-6-17(16)22-12-18(21)20-15-9-7-14(11-19)8-10-15/h3-10,13H,11-12,19H2,1-2H3,(H,20,21). The largest absolute Gasteiger partial charge is 0.483 e. The average molecular weight is 298 g/mol. The van der Waals surface area contributed by atoms with E-state index < -0.39 is 0 Å². The fourth-order valence-electron chi connectivity index (χ4n) is 2.15. The maximum Gasteiger partial charge on any atom is 0.262 e. The van der Waals surface area contributed by atoms with E-state index in [0.717, 1.165) is 22.6 Å². The Kier molecular flexibility index (Phi) is 5.55. The number of hydrogen-bond acceptors (Lipinski definition) is 3. The van der Waals surface area contributed by atoms with Crippen LogP contribution in [-0.4, -0.2) is 12.5 Å². The highest BCUT2D eigenvalue weighted by Crippen LogP contribution is 2.25. The first-order chi connectivity index (χ1) is 10.6. The first-order valence-corrected chi connectivity index (χ1v) is 7.40. The van der Waals surface area contributed by atoms with Gasteiger partial charge in [0.25, 0.3) is 5.91 Å². The minimum absolute atomic E-state index is 0.0115. The average Bonchev–Trinajstić information content (AvgIpc) is 2.54. The van der Waals surface area contributed by atoms with Crippen molar-refractivity contribution in [2.75, 3.05) is 11.9 Å². The summed E-state index contributed by atoms with van der Waals surface area (Å²) in [6.45, 7) is 4.67. The fourth-order valence-corrected chi connectivity index (χ4v) is 2.15. The van der Waals surface area contributed by atoms with Gasteiger partial charge in [0.15, 0.2) is 6.61 Å². The highest BCUT2D eigenvalue weighted by atomic mass is 16.5. The Morgan fingerprint density at radius 1 is 1.14 bits per heavy atom. The van der Waals surface area contributed by atoms with Crippen LogP contribution in [0, 0.1) is 0 Å². The van der Waals surface area contributed by atoms with Crippen LogP contribution < -0.4 is 15.8 Å². The topological polar surface area (TPSA) is 64.3 Å². The van der Waals surface area contributed by atoms with Crippen LogP contribution in [0.3, 0.4) is 0 Å². The molecule has 0 unspecified atom stereocenters. The first-order valence-electron chi connectivity index (χ1n) is 7.40. The third-order valence-corrected chi connectivity index (χ3v) is 3.37. The molecule has 4 heteroatoms. The molecule has 0 aliphatic heterocycles. The Hall–Kier alpha value is -2.33. The van der Waals surface area contributed by atoms with Crippen molar-refractivity contribution < 1.29 is 9.53 Å². The molecule has 22 heavy (non-hydrogen) atoms. The lowest BCUT2D eigenvalue weighted by Gasteiger charge is -2.13. The third kappa shape index (κ3) is 4.33. The number of benzene rings is 2. The van der Waals surface area contributed by atoms with Crippen LogP contribution in [0.2, 0.25) is 0 Å². The minimum atomic E-state index is -0.181. The fraction of sp³-hybridized carbons (Fsp3) is 0.278. The molecular weight excluding hydrogens is 276 g/mol. The third-order valence-electron chi connectivity index (χ3n) is 3.37. The van der Waals surface area contributed by atoms with Crippen LogP contribution in [0.5, 0.6) is 5.75 Å². The Morgan fingerprint density at radius 3 is 2.45 bits per heavy atom. The van der Waals surface area contributed by atoms with E-state index in [4.69, 9.17) is 10.5 Å². The summed E-state index contributed by atoms with van der Waals surface area (Å²) in [7, 11) is 0. The number of nitrogens with two attached hydrogens (primary N) is 1. The van der Waals surface area contributed by atoms with Crippen LogP contribution in [0.15, 0.2) is 48.5 Å². The van der Waals surface area contributed by atoms with E-state index in [1.54, 1.807) is 0 Å². The number of rotatable bonds is 6. The molecular formula is C18H22N2O2. The maximum atomic E-state index is 12.0. The van der Waals surface area contributed by atoms with E-state index in [0.29, 0.717) is 12.5 Å². The maximum absolute atomic E-state index is 12.0. The molecule has 2 rings (SSSR count). The van der Waals surface area contributed by atoms with Crippen LogP contribution in [0.1, 0.15) is 30.9 Å². The van der Waals surface area contributed by atoms with E-state index >= 15 is 0 Å². The van der Waals surface area contributed by atoms with E-state index in [9.17, 15) is 4.79 Å². The van der Waals surface area contributed by atoms with E-state index in [2.05, 4.69) is 19.2 Å². The van der Waals surface area contributed by atoms with Gasteiger partial charge in [0.1, 0.15) is 5.75 Å². The summed E-state index contributed by atoms with van der Waals surface area (Å²) in [6, 6.07) is 15.2. The van der Waals surface area contributed by atoms with Gasteiger partial charge in [-0.2, -0.15) is 0 Å². The summed E-state index contributed by atoms with van der Waals surface area (Å²) < 4.78 is 5.65. The molecule has 0 heterocycles. The quantitative estimate of drug-likeness (QED) is 0.860. The predicted molar refractivity (Wildman–Crippen MR) is 89.0 cm³/mol. The monoisotopic (exact) mass is 298 g/mol. The number of hydrogen-bond donors (Lipinski definition) is 2. The second kappa shape index (κ2) is 7.61. The molecule has 116 valence electrons. The molecule has 0 saturated heterocycles. The molecule has 0 aromatic heterocycles. The summed E-state index contributed by atoms with van der Waals surface area (Å²) in [5.41, 5.74) is 8.41. The van der Waals surface area contributed by atoms with Crippen molar-refractivity contribution in [2.45, 2.75) is 26.3 Å². The number of nitrogens with one attached hydrogen (secondary N) is 1. The van der Waals surface area contributed by atoms with Crippen LogP contribution in [0.25, 0.3) is 0 Å². The molecule has 3 N–H and O–H groups in total. The zero-order valence-corrected chi connectivity index (χ0v) is 13.0. The molecule has 1 amide bonds. The van der Waals surface area contributed by atoms with Gasteiger partial charge in [-0.15, -0.1) is 0 Å².